The van der Waals surface area contributed by atoms with Crippen molar-refractivity contribution in [3.8, 4) is 0 Å². The second-order valence-electron chi connectivity index (χ2n) is 3.35. The van der Waals surface area contributed by atoms with E-state index in [-0.39, 0.29) is 18.4 Å². The molecule has 0 saturated carbocycles. The van der Waals surface area contributed by atoms with Gasteiger partial charge in [-0.3, -0.25) is 4.79 Å². The molecule has 0 N–H and O–H groups in total. The largest absolute Gasteiger partial charge is 0.414 e. The standard InChI is InChI=1S/C8H8F3NO/c9-8(10,11)5-1-2-6-3-7(13)12(6)4-5/h4,6H,1-3H2/t6-/m1/s1. The number of carbonyl (C=O) groups is 1. The van der Waals surface area contributed by atoms with E-state index in [0.29, 0.717) is 12.8 Å². The third-order valence-corrected chi connectivity index (χ3v) is 2.50. The molecule has 0 aliphatic carbocycles. The van der Waals surface area contributed by atoms with E-state index >= 15 is 0 Å². The SMILES string of the molecule is O=C1C[C@H]2CCC(C(F)(F)F)=CN12. The lowest BCUT2D eigenvalue weighted by molar-refractivity contribution is -0.143. The molecule has 2 nitrogen and oxygen atoms in total. The minimum absolute atomic E-state index is 0.0265. The van der Waals surface area contributed by atoms with E-state index in [9.17, 15) is 18.0 Å². The van der Waals surface area contributed by atoms with Gasteiger partial charge in [0.15, 0.2) is 0 Å². The summed E-state index contributed by atoms with van der Waals surface area (Å²) in [5.74, 6) is -0.202. The molecule has 1 atom stereocenters. The fraction of sp³-hybridized carbons (Fsp3) is 0.625. The topological polar surface area (TPSA) is 20.3 Å². The molecule has 0 aromatic rings. The highest BCUT2D eigenvalue weighted by molar-refractivity contribution is 5.84. The van der Waals surface area contributed by atoms with Gasteiger partial charge in [0, 0.05) is 24.2 Å². The number of halogens is 3. The molecular weight excluding hydrogens is 183 g/mol. The molecule has 2 rings (SSSR count). The summed E-state index contributed by atoms with van der Waals surface area (Å²) in [6.45, 7) is 0. The van der Waals surface area contributed by atoms with Crippen LogP contribution in [0.2, 0.25) is 0 Å². The minimum Gasteiger partial charge on any atom is -0.315 e. The molecule has 2 aliphatic rings. The van der Waals surface area contributed by atoms with Crippen LogP contribution in [0.4, 0.5) is 13.2 Å². The Morgan fingerprint density at radius 1 is 1.46 bits per heavy atom. The Morgan fingerprint density at radius 2 is 2.15 bits per heavy atom. The molecule has 1 fully saturated rings. The molecule has 0 bridgehead atoms. The maximum atomic E-state index is 12.2. The quantitative estimate of drug-likeness (QED) is 0.535. The van der Waals surface area contributed by atoms with Crippen molar-refractivity contribution in [3.05, 3.63) is 11.8 Å². The van der Waals surface area contributed by atoms with Gasteiger partial charge in [-0.2, -0.15) is 13.2 Å². The van der Waals surface area contributed by atoms with Gasteiger partial charge in [-0.05, 0) is 12.8 Å². The van der Waals surface area contributed by atoms with Gasteiger partial charge in [0.2, 0.25) is 5.91 Å². The number of fused-ring (bicyclic) bond motifs is 1. The highest BCUT2D eigenvalue weighted by Crippen LogP contribution is 2.37. The number of hydrogen-bond acceptors (Lipinski definition) is 1. The second-order valence-corrected chi connectivity index (χ2v) is 3.35. The van der Waals surface area contributed by atoms with Gasteiger partial charge in [0.25, 0.3) is 0 Å². The van der Waals surface area contributed by atoms with Gasteiger partial charge in [0.05, 0.1) is 0 Å². The monoisotopic (exact) mass is 191 g/mol. The first-order valence-corrected chi connectivity index (χ1v) is 4.07. The van der Waals surface area contributed by atoms with Gasteiger partial charge >= 0.3 is 6.18 Å². The van der Waals surface area contributed by atoms with Gasteiger partial charge in [-0.25, -0.2) is 0 Å². The maximum Gasteiger partial charge on any atom is 0.414 e. The number of rotatable bonds is 0. The summed E-state index contributed by atoms with van der Waals surface area (Å²) in [7, 11) is 0. The first-order valence-electron chi connectivity index (χ1n) is 4.07. The van der Waals surface area contributed by atoms with E-state index in [4.69, 9.17) is 0 Å². The van der Waals surface area contributed by atoms with Crippen molar-refractivity contribution in [2.75, 3.05) is 0 Å². The first kappa shape index (κ1) is 8.59. The molecule has 13 heavy (non-hydrogen) atoms. The van der Waals surface area contributed by atoms with Crippen LogP contribution >= 0.6 is 0 Å². The summed E-state index contributed by atoms with van der Waals surface area (Å²) in [4.78, 5) is 12.1. The average molecular weight is 191 g/mol. The van der Waals surface area contributed by atoms with Gasteiger partial charge in [0.1, 0.15) is 0 Å². The lowest BCUT2D eigenvalue weighted by Gasteiger charge is -2.41. The van der Waals surface area contributed by atoms with Crippen molar-refractivity contribution < 1.29 is 18.0 Å². The summed E-state index contributed by atoms with van der Waals surface area (Å²) in [6, 6.07) is 0.0265. The van der Waals surface area contributed by atoms with E-state index < -0.39 is 11.7 Å². The highest BCUT2D eigenvalue weighted by atomic mass is 19.4. The van der Waals surface area contributed by atoms with Crippen LogP contribution in [0.15, 0.2) is 11.8 Å². The van der Waals surface area contributed by atoms with Crippen molar-refractivity contribution in [2.45, 2.75) is 31.5 Å². The minimum atomic E-state index is -4.28. The molecule has 0 radical (unpaired) electrons. The van der Waals surface area contributed by atoms with Gasteiger partial charge in [-0.1, -0.05) is 0 Å². The van der Waals surface area contributed by atoms with Crippen LogP contribution in [0, 0.1) is 0 Å². The molecule has 2 aliphatic heterocycles. The van der Waals surface area contributed by atoms with Crippen LogP contribution in [0.5, 0.6) is 0 Å². The lowest BCUT2D eigenvalue weighted by atomic mass is 9.91. The lowest BCUT2D eigenvalue weighted by Crippen LogP contribution is -2.51. The Hall–Kier alpha value is -1.00. The van der Waals surface area contributed by atoms with E-state index in [0.717, 1.165) is 6.20 Å². The number of β-lactam (4-membered cyclic amide) rings is 1. The summed E-state index contributed by atoms with van der Waals surface area (Å²) >= 11 is 0. The average Bonchev–Trinajstić information content (AvgIpc) is 2.00. The fourth-order valence-corrected chi connectivity index (χ4v) is 1.68. The van der Waals surface area contributed by atoms with Crippen molar-refractivity contribution in [1.29, 1.82) is 0 Å². The third-order valence-electron chi connectivity index (χ3n) is 2.50. The van der Waals surface area contributed by atoms with Crippen LogP contribution < -0.4 is 0 Å². The predicted octanol–water partition coefficient (Wildman–Crippen LogP) is 1.83. The molecule has 1 saturated heterocycles. The van der Waals surface area contributed by atoms with Gasteiger partial charge < -0.3 is 4.90 Å². The second kappa shape index (κ2) is 2.49. The van der Waals surface area contributed by atoms with E-state index in [1.807, 2.05) is 0 Å². The molecule has 1 amide bonds. The maximum absolute atomic E-state index is 12.2. The Kier molecular flexibility index (Phi) is 1.65. The highest BCUT2D eigenvalue weighted by Gasteiger charge is 2.43. The molecule has 72 valence electrons. The van der Waals surface area contributed by atoms with Crippen molar-refractivity contribution >= 4 is 5.91 Å². The number of alkyl halides is 3. The fourth-order valence-electron chi connectivity index (χ4n) is 1.68. The van der Waals surface area contributed by atoms with Crippen LogP contribution in [0.3, 0.4) is 0 Å². The van der Waals surface area contributed by atoms with Crippen molar-refractivity contribution in [1.82, 2.24) is 4.90 Å². The van der Waals surface area contributed by atoms with E-state index in [1.54, 1.807) is 0 Å². The third kappa shape index (κ3) is 1.32. The Labute approximate surface area is 73.0 Å². The molecule has 5 heteroatoms. The molecule has 0 aromatic carbocycles. The van der Waals surface area contributed by atoms with Gasteiger partial charge in [-0.15, -0.1) is 0 Å². The smallest absolute Gasteiger partial charge is 0.315 e. The molecule has 2 heterocycles. The molecule has 0 spiro atoms. The zero-order valence-corrected chi connectivity index (χ0v) is 6.77. The first-order chi connectivity index (χ1) is 5.98. The molecule has 0 unspecified atom stereocenters. The number of hydrogen-bond donors (Lipinski definition) is 0. The van der Waals surface area contributed by atoms with Crippen molar-refractivity contribution in [3.63, 3.8) is 0 Å². The van der Waals surface area contributed by atoms with Crippen LogP contribution in [0.25, 0.3) is 0 Å². The van der Waals surface area contributed by atoms with Crippen LogP contribution in [-0.4, -0.2) is 23.0 Å². The number of amides is 1. The summed E-state index contributed by atoms with van der Waals surface area (Å²) < 4.78 is 36.6. The zero-order valence-electron chi connectivity index (χ0n) is 6.77. The van der Waals surface area contributed by atoms with Crippen molar-refractivity contribution in [2.24, 2.45) is 0 Å². The number of allylic oxidation sites excluding steroid dienone is 1. The summed E-state index contributed by atoms with van der Waals surface area (Å²) in [5.41, 5.74) is -0.586. The Balaban J connectivity index is 2.19. The predicted molar refractivity (Wildman–Crippen MR) is 38.6 cm³/mol. The normalized spacial score (nSPS) is 27.9. The summed E-state index contributed by atoms with van der Waals surface area (Å²) in [5, 5.41) is 0. The zero-order chi connectivity index (χ0) is 9.64. The summed E-state index contributed by atoms with van der Waals surface area (Å²) in [6.07, 6.45) is -2.43. The Morgan fingerprint density at radius 3 is 2.69 bits per heavy atom. The van der Waals surface area contributed by atoms with Crippen LogP contribution in [0.1, 0.15) is 19.3 Å². The van der Waals surface area contributed by atoms with E-state index in [2.05, 4.69) is 0 Å². The molecular formula is C8H8F3NO. The Bertz CT molecular complexity index is 282. The number of carbonyl (C=O) groups excluding carboxylic acids is 1. The molecule has 0 aromatic heterocycles. The van der Waals surface area contributed by atoms with Crippen LogP contribution in [-0.2, 0) is 4.79 Å². The van der Waals surface area contributed by atoms with E-state index in [1.165, 1.54) is 4.90 Å². The number of nitrogens with zero attached hydrogens (tertiary/aromatic N) is 1.